The molecule has 2 heterocycles. The van der Waals surface area contributed by atoms with Gasteiger partial charge >= 0.3 is 0 Å². The largest absolute Gasteiger partial charge is 0.345 e. The van der Waals surface area contributed by atoms with Gasteiger partial charge in [-0.1, -0.05) is 60.7 Å². The molecule has 2 N–H and O–H groups in total. The minimum atomic E-state index is -0.223. The number of aromatic amines is 1. The Bertz CT molecular complexity index is 1270. The van der Waals surface area contributed by atoms with Gasteiger partial charge in [0.2, 0.25) is 11.9 Å². The van der Waals surface area contributed by atoms with Crippen molar-refractivity contribution in [3.63, 3.8) is 0 Å². The van der Waals surface area contributed by atoms with Crippen molar-refractivity contribution in [2.24, 2.45) is 0 Å². The maximum Gasteiger partial charge on any atom is 0.252 e. The van der Waals surface area contributed by atoms with Crippen LogP contribution >= 0.6 is 0 Å². The highest BCUT2D eigenvalue weighted by Crippen LogP contribution is 2.23. The van der Waals surface area contributed by atoms with Gasteiger partial charge in [0.1, 0.15) is 0 Å². The van der Waals surface area contributed by atoms with E-state index < -0.39 is 0 Å². The first-order valence-electron chi connectivity index (χ1n) is 10.9. The number of carbonyl (C=O) groups excluding carboxylic acids is 1. The van der Waals surface area contributed by atoms with Crippen LogP contribution in [0, 0.1) is 20.8 Å². The number of rotatable bonds is 7. The molecule has 4 rings (SSSR count). The van der Waals surface area contributed by atoms with Crippen molar-refractivity contribution in [2.45, 2.75) is 39.7 Å². The Balaban J connectivity index is 1.51. The summed E-state index contributed by atoms with van der Waals surface area (Å²) in [7, 11) is 0. The van der Waals surface area contributed by atoms with Crippen LogP contribution in [-0.2, 0) is 11.2 Å². The van der Waals surface area contributed by atoms with Gasteiger partial charge in [-0.25, -0.2) is 9.67 Å². The molecule has 7 nitrogen and oxygen atoms in total. The van der Waals surface area contributed by atoms with Gasteiger partial charge in [-0.05, 0) is 43.9 Å². The zero-order valence-electron chi connectivity index (χ0n) is 19.0. The van der Waals surface area contributed by atoms with Crippen LogP contribution in [0.5, 0.6) is 0 Å². The molecule has 4 aromatic rings. The molecular weight excluding hydrogens is 414 g/mol. The molecule has 0 saturated heterocycles. The molecule has 0 aliphatic heterocycles. The summed E-state index contributed by atoms with van der Waals surface area (Å²) < 4.78 is 1.63. The van der Waals surface area contributed by atoms with E-state index in [0.29, 0.717) is 24.5 Å². The second-order valence-electron chi connectivity index (χ2n) is 8.09. The fraction of sp³-hybridized carbons (Fsp3) is 0.231. The second-order valence-corrected chi connectivity index (χ2v) is 8.09. The molecular formula is C26H27N5O2. The predicted molar refractivity (Wildman–Crippen MR) is 127 cm³/mol. The van der Waals surface area contributed by atoms with Crippen molar-refractivity contribution in [1.82, 2.24) is 25.1 Å². The molecule has 2 aromatic heterocycles. The molecule has 0 spiro atoms. The lowest BCUT2D eigenvalue weighted by Gasteiger charge is -2.20. The number of hydrogen-bond donors (Lipinski definition) is 2. The van der Waals surface area contributed by atoms with Crippen LogP contribution in [0.3, 0.4) is 0 Å². The first-order chi connectivity index (χ1) is 15.9. The summed E-state index contributed by atoms with van der Waals surface area (Å²) in [5.41, 5.74) is 5.11. The molecule has 0 saturated carbocycles. The van der Waals surface area contributed by atoms with Crippen LogP contribution in [0.1, 0.15) is 46.2 Å². The van der Waals surface area contributed by atoms with Gasteiger partial charge in [-0.15, -0.1) is 0 Å². The number of hydrogen-bond acceptors (Lipinski definition) is 4. The van der Waals surface area contributed by atoms with Gasteiger partial charge in [0.05, 0.1) is 11.7 Å². The summed E-state index contributed by atoms with van der Waals surface area (Å²) in [5, 5.41) is 7.74. The van der Waals surface area contributed by atoms with Crippen molar-refractivity contribution in [1.29, 1.82) is 0 Å². The number of nitrogens with one attached hydrogen (secondary N) is 2. The Morgan fingerprint density at radius 3 is 2.18 bits per heavy atom. The van der Waals surface area contributed by atoms with Gasteiger partial charge in [-0.3, -0.25) is 14.6 Å². The molecule has 168 valence electrons. The first-order valence-corrected chi connectivity index (χ1v) is 10.9. The van der Waals surface area contributed by atoms with Crippen molar-refractivity contribution in [2.75, 3.05) is 0 Å². The van der Waals surface area contributed by atoms with Crippen LogP contribution in [0.25, 0.3) is 5.95 Å². The number of carbonyl (C=O) groups is 1. The third kappa shape index (κ3) is 5.09. The molecule has 33 heavy (non-hydrogen) atoms. The summed E-state index contributed by atoms with van der Waals surface area (Å²) in [6, 6.07) is 21.1. The van der Waals surface area contributed by atoms with Gasteiger partial charge in [0.25, 0.3) is 5.56 Å². The van der Waals surface area contributed by atoms with E-state index in [1.54, 1.807) is 11.6 Å². The van der Waals surface area contributed by atoms with Crippen molar-refractivity contribution >= 4 is 5.91 Å². The van der Waals surface area contributed by atoms with Gasteiger partial charge in [0.15, 0.2) is 0 Å². The maximum absolute atomic E-state index is 13.0. The Kier molecular flexibility index (Phi) is 6.49. The molecule has 0 aliphatic carbocycles. The Hall–Kier alpha value is -4.00. The molecule has 0 atom stereocenters. The third-order valence-corrected chi connectivity index (χ3v) is 5.67. The Morgan fingerprint density at radius 2 is 1.61 bits per heavy atom. The van der Waals surface area contributed by atoms with E-state index >= 15 is 0 Å². The number of benzene rings is 2. The minimum absolute atomic E-state index is 0.0404. The number of amides is 1. The smallest absolute Gasteiger partial charge is 0.252 e. The van der Waals surface area contributed by atoms with E-state index in [0.717, 1.165) is 28.1 Å². The van der Waals surface area contributed by atoms with Gasteiger partial charge in [0, 0.05) is 23.9 Å². The second kappa shape index (κ2) is 9.65. The monoisotopic (exact) mass is 441 g/mol. The lowest BCUT2D eigenvalue weighted by Crippen LogP contribution is -2.29. The SMILES string of the molecule is Cc1cc(=O)[nH]c(-n2nc(C)c(CCC(=O)NC(c3ccccc3)c3ccccc3)c2C)n1. The summed E-state index contributed by atoms with van der Waals surface area (Å²) >= 11 is 0. The molecule has 1 amide bonds. The first kappa shape index (κ1) is 22.2. The van der Waals surface area contributed by atoms with E-state index in [1.807, 2.05) is 74.5 Å². The van der Waals surface area contributed by atoms with Crippen molar-refractivity contribution in [3.05, 3.63) is 111 Å². The van der Waals surface area contributed by atoms with Crippen LogP contribution in [0.2, 0.25) is 0 Å². The average molecular weight is 442 g/mol. The van der Waals surface area contributed by atoms with Crippen LogP contribution in [-0.4, -0.2) is 25.7 Å². The fourth-order valence-corrected chi connectivity index (χ4v) is 4.03. The summed E-state index contributed by atoms with van der Waals surface area (Å²) in [6.45, 7) is 5.60. The van der Waals surface area contributed by atoms with Crippen molar-refractivity contribution < 1.29 is 4.79 Å². The van der Waals surface area contributed by atoms with E-state index in [2.05, 4.69) is 20.4 Å². The Morgan fingerprint density at radius 1 is 1.00 bits per heavy atom. The lowest BCUT2D eigenvalue weighted by molar-refractivity contribution is -0.121. The highest BCUT2D eigenvalue weighted by atomic mass is 16.1. The molecule has 2 aromatic carbocycles. The average Bonchev–Trinajstić information content (AvgIpc) is 3.10. The molecule has 0 radical (unpaired) electrons. The Labute approximate surface area is 192 Å². The predicted octanol–water partition coefficient (Wildman–Crippen LogP) is 3.72. The highest BCUT2D eigenvalue weighted by Gasteiger charge is 2.19. The molecule has 0 fully saturated rings. The maximum atomic E-state index is 13.0. The summed E-state index contributed by atoms with van der Waals surface area (Å²) in [4.78, 5) is 31.9. The number of aryl methyl sites for hydroxylation is 2. The highest BCUT2D eigenvalue weighted by molar-refractivity contribution is 5.77. The topological polar surface area (TPSA) is 92.7 Å². The molecule has 0 bridgehead atoms. The lowest BCUT2D eigenvalue weighted by atomic mass is 9.98. The van der Waals surface area contributed by atoms with Crippen molar-refractivity contribution in [3.8, 4) is 5.95 Å². The quantitative estimate of drug-likeness (QED) is 0.457. The van der Waals surface area contributed by atoms with E-state index in [1.165, 1.54) is 6.07 Å². The third-order valence-electron chi connectivity index (χ3n) is 5.67. The number of nitrogens with zero attached hydrogens (tertiary/aromatic N) is 3. The molecule has 7 heteroatoms. The normalized spacial score (nSPS) is 11.0. The summed E-state index contributed by atoms with van der Waals surface area (Å²) in [6.07, 6.45) is 0.858. The van der Waals surface area contributed by atoms with Crippen LogP contribution in [0.4, 0.5) is 0 Å². The van der Waals surface area contributed by atoms with Crippen LogP contribution < -0.4 is 10.9 Å². The van der Waals surface area contributed by atoms with E-state index in [9.17, 15) is 9.59 Å². The summed E-state index contributed by atoms with van der Waals surface area (Å²) in [5.74, 6) is 0.339. The van der Waals surface area contributed by atoms with Gasteiger partial charge in [-0.2, -0.15) is 5.10 Å². The van der Waals surface area contributed by atoms with Crippen LogP contribution in [0.15, 0.2) is 71.5 Å². The molecule has 0 aliphatic rings. The van der Waals surface area contributed by atoms with E-state index in [4.69, 9.17) is 0 Å². The minimum Gasteiger partial charge on any atom is -0.345 e. The molecule has 0 unspecified atom stereocenters. The number of H-pyrrole nitrogens is 1. The van der Waals surface area contributed by atoms with E-state index in [-0.39, 0.29) is 17.5 Å². The number of aromatic nitrogens is 4. The zero-order chi connectivity index (χ0) is 23.4. The zero-order valence-corrected chi connectivity index (χ0v) is 19.0. The fourth-order valence-electron chi connectivity index (χ4n) is 4.03. The van der Waals surface area contributed by atoms with Gasteiger partial charge < -0.3 is 5.32 Å². The standard InChI is InChI=1S/C26H27N5O2/c1-17-16-24(33)29-26(27-17)31-19(3)22(18(2)30-31)14-15-23(32)28-25(20-10-6-4-7-11-20)21-12-8-5-9-13-21/h4-13,16,25H,14-15H2,1-3H3,(H,28,32)(H,27,29,33).